The first-order valence-electron chi connectivity index (χ1n) is 8.64. The molecule has 0 amide bonds. The molecular weight excluding hydrogens is 296 g/mol. The van der Waals surface area contributed by atoms with Crippen molar-refractivity contribution < 1.29 is 0 Å². The number of anilines is 1. The van der Waals surface area contributed by atoms with Crippen LogP contribution in [0, 0.1) is 5.92 Å². The van der Waals surface area contributed by atoms with E-state index in [-0.39, 0.29) is 0 Å². The third-order valence-corrected chi connectivity index (χ3v) is 4.94. The van der Waals surface area contributed by atoms with Crippen molar-refractivity contribution in [1.82, 2.24) is 15.2 Å². The number of nitrogens with zero attached hydrogens (tertiary/aromatic N) is 2. The zero-order valence-electron chi connectivity index (χ0n) is 13.8. The van der Waals surface area contributed by atoms with Gasteiger partial charge in [0.25, 0.3) is 0 Å². The molecule has 1 aliphatic carbocycles. The smallest absolute Gasteiger partial charge is 0.130 e. The molecule has 1 aromatic carbocycles. The van der Waals surface area contributed by atoms with Crippen LogP contribution >= 0.6 is 0 Å². The summed E-state index contributed by atoms with van der Waals surface area (Å²) in [5.41, 5.74) is 3.35. The van der Waals surface area contributed by atoms with Crippen molar-refractivity contribution in [1.29, 1.82) is 0 Å². The van der Waals surface area contributed by atoms with E-state index in [0.717, 1.165) is 28.0 Å². The first-order chi connectivity index (χ1) is 11.8. The first kappa shape index (κ1) is 14.9. The highest BCUT2D eigenvalue weighted by Gasteiger charge is 2.16. The summed E-state index contributed by atoms with van der Waals surface area (Å²) < 4.78 is 0. The van der Waals surface area contributed by atoms with Gasteiger partial charge in [0.1, 0.15) is 5.82 Å². The van der Waals surface area contributed by atoms with E-state index in [0.29, 0.717) is 5.92 Å². The summed E-state index contributed by atoms with van der Waals surface area (Å²) in [5, 5.41) is 12.6. The Morgan fingerprint density at radius 2 is 1.92 bits per heavy atom. The molecule has 1 saturated carbocycles. The molecule has 1 fully saturated rings. The standard InChI is InChI=1S/C20H22N4/c1-14(15-5-3-2-4-6-15)24-20-10-18-9-16(19-12-22-23-13-19)7-8-17(18)11-21-20/h7-13,15H,1-6H2,(H,21,24)(H,22,23). The topological polar surface area (TPSA) is 53.6 Å². The Bertz CT molecular complexity index is 845. The number of allylic oxidation sites excluding steroid dienone is 1. The average molecular weight is 318 g/mol. The second-order valence-corrected chi connectivity index (χ2v) is 6.60. The van der Waals surface area contributed by atoms with E-state index >= 15 is 0 Å². The summed E-state index contributed by atoms with van der Waals surface area (Å²) in [5.74, 6) is 1.45. The number of aromatic amines is 1. The van der Waals surface area contributed by atoms with Crippen molar-refractivity contribution in [3.8, 4) is 11.1 Å². The van der Waals surface area contributed by atoms with E-state index in [4.69, 9.17) is 0 Å². The summed E-state index contributed by atoms with van der Waals surface area (Å²) >= 11 is 0. The highest BCUT2D eigenvalue weighted by Crippen LogP contribution is 2.30. The van der Waals surface area contributed by atoms with E-state index < -0.39 is 0 Å². The molecule has 24 heavy (non-hydrogen) atoms. The maximum absolute atomic E-state index is 4.54. The lowest BCUT2D eigenvalue weighted by molar-refractivity contribution is 0.405. The molecule has 4 heteroatoms. The van der Waals surface area contributed by atoms with Crippen LogP contribution in [0.1, 0.15) is 32.1 Å². The van der Waals surface area contributed by atoms with Gasteiger partial charge < -0.3 is 5.32 Å². The lowest BCUT2D eigenvalue weighted by Gasteiger charge is -2.24. The minimum absolute atomic E-state index is 0.577. The highest BCUT2D eigenvalue weighted by molar-refractivity contribution is 5.88. The van der Waals surface area contributed by atoms with Gasteiger partial charge in [-0.25, -0.2) is 4.98 Å². The normalized spacial score (nSPS) is 15.5. The fraction of sp³-hybridized carbons (Fsp3) is 0.300. The maximum Gasteiger partial charge on any atom is 0.130 e. The molecule has 0 radical (unpaired) electrons. The summed E-state index contributed by atoms with van der Waals surface area (Å²) in [6.45, 7) is 4.25. The van der Waals surface area contributed by atoms with Crippen molar-refractivity contribution in [2.75, 3.05) is 5.32 Å². The molecule has 3 aromatic rings. The van der Waals surface area contributed by atoms with Crippen molar-refractivity contribution in [3.63, 3.8) is 0 Å². The molecule has 0 spiro atoms. The molecule has 0 aliphatic heterocycles. The van der Waals surface area contributed by atoms with Gasteiger partial charge in [-0.2, -0.15) is 5.10 Å². The van der Waals surface area contributed by atoms with Crippen LogP contribution in [0.5, 0.6) is 0 Å². The van der Waals surface area contributed by atoms with Crippen molar-refractivity contribution in [2.45, 2.75) is 32.1 Å². The van der Waals surface area contributed by atoms with Gasteiger partial charge in [-0.3, -0.25) is 5.10 Å². The highest BCUT2D eigenvalue weighted by atomic mass is 15.1. The van der Waals surface area contributed by atoms with Crippen LogP contribution in [0.2, 0.25) is 0 Å². The molecule has 2 heterocycles. The van der Waals surface area contributed by atoms with E-state index in [1.807, 2.05) is 18.6 Å². The monoisotopic (exact) mass is 318 g/mol. The van der Waals surface area contributed by atoms with E-state index in [1.54, 1.807) is 0 Å². The zero-order valence-corrected chi connectivity index (χ0v) is 13.8. The van der Waals surface area contributed by atoms with Crippen LogP contribution in [0.4, 0.5) is 5.82 Å². The van der Waals surface area contributed by atoms with Gasteiger partial charge in [-0.05, 0) is 41.8 Å². The van der Waals surface area contributed by atoms with Crippen molar-refractivity contribution in [2.24, 2.45) is 5.92 Å². The number of fused-ring (bicyclic) bond motifs is 1. The number of nitrogens with one attached hydrogen (secondary N) is 2. The van der Waals surface area contributed by atoms with Crippen LogP contribution in [0.15, 0.2) is 55.1 Å². The molecule has 0 bridgehead atoms. The molecule has 0 saturated heterocycles. The second-order valence-electron chi connectivity index (χ2n) is 6.60. The molecule has 1 aliphatic rings. The van der Waals surface area contributed by atoms with E-state index in [1.165, 1.54) is 37.5 Å². The maximum atomic E-state index is 4.54. The van der Waals surface area contributed by atoms with Crippen molar-refractivity contribution >= 4 is 16.6 Å². The number of pyridine rings is 1. The average Bonchev–Trinajstić information content (AvgIpc) is 3.16. The molecule has 2 N–H and O–H groups in total. The molecule has 0 unspecified atom stereocenters. The fourth-order valence-electron chi connectivity index (χ4n) is 3.52. The van der Waals surface area contributed by atoms with Gasteiger partial charge in [0.2, 0.25) is 0 Å². The Balaban J connectivity index is 1.58. The Hall–Kier alpha value is -2.62. The summed E-state index contributed by atoms with van der Waals surface area (Å²) in [4.78, 5) is 4.54. The van der Waals surface area contributed by atoms with Gasteiger partial charge in [-0.15, -0.1) is 0 Å². The van der Waals surface area contributed by atoms with Gasteiger partial charge in [0, 0.05) is 29.0 Å². The summed E-state index contributed by atoms with van der Waals surface area (Å²) in [7, 11) is 0. The number of H-pyrrole nitrogens is 1. The third kappa shape index (κ3) is 3.04. The first-order valence-corrected chi connectivity index (χ1v) is 8.64. The Labute approximate surface area is 142 Å². The van der Waals surface area contributed by atoms with Crippen LogP contribution in [0.3, 0.4) is 0 Å². The van der Waals surface area contributed by atoms with Gasteiger partial charge >= 0.3 is 0 Å². The SMILES string of the molecule is C=C(Nc1cc2cc(-c3cn[nH]c3)ccc2cn1)C1CCCCC1. The Morgan fingerprint density at radius 1 is 1.04 bits per heavy atom. The predicted octanol–water partition coefficient (Wildman–Crippen LogP) is 5.13. The molecule has 0 atom stereocenters. The number of aromatic nitrogens is 3. The lowest BCUT2D eigenvalue weighted by atomic mass is 9.87. The van der Waals surface area contributed by atoms with Crippen LogP contribution in [-0.4, -0.2) is 15.2 Å². The second kappa shape index (κ2) is 6.48. The number of hydrogen-bond acceptors (Lipinski definition) is 3. The minimum Gasteiger partial charge on any atom is -0.344 e. The van der Waals surface area contributed by atoms with E-state index in [2.05, 4.69) is 51.3 Å². The van der Waals surface area contributed by atoms with E-state index in [9.17, 15) is 0 Å². The van der Waals surface area contributed by atoms with Crippen LogP contribution in [0.25, 0.3) is 21.9 Å². The number of benzene rings is 1. The molecule has 4 nitrogen and oxygen atoms in total. The largest absolute Gasteiger partial charge is 0.344 e. The lowest BCUT2D eigenvalue weighted by Crippen LogP contribution is -2.14. The van der Waals surface area contributed by atoms with Gasteiger partial charge in [0.05, 0.1) is 6.20 Å². The molecule has 4 rings (SSSR count). The predicted molar refractivity (Wildman–Crippen MR) is 98.7 cm³/mol. The molecule has 2 aromatic heterocycles. The van der Waals surface area contributed by atoms with Gasteiger partial charge in [-0.1, -0.05) is 38.0 Å². The number of hydrogen-bond donors (Lipinski definition) is 2. The fourth-order valence-corrected chi connectivity index (χ4v) is 3.52. The summed E-state index contributed by atoms with van der Waals surface area (Å²) in [6.07, 6.45) is 12.1. The van der Waals surface area contributed by atoms with Crippen molar-refractivity contribution in [3.05, 3.63) is 55.1 Å². The number of rotatable bonds is 4. The zero-order chi connectivity index (χ0) is 16.4. The summed E-state index contributed by atoms with van der Waals surface area (Å²) in [6, 6.07) is 8.48. The Morgan fingerprint density at radius 3 is 2.71 bits per heavy atom. The minimum atomic E-state index is 0.577. The van der Waals surface area contributed by atoms with Gasteiger partial charge in [0.15, 0.2) is 0 Å². The molecular formula is C20H22N4. The third-order valence-electron chi connectivity index (χ3n) is 4.94. The quantitative estimate of drug-likeness (QED) is 0.701. The molecule has 122 valence electrons. The van der Waals surface area contributed by atoms with Crippen LogP contribution in [-0.2, 0) is 0 Å². The Kier molecular flexibility index (Phi) is 4.03. The van der Waals surface area contributed by atoms with Crippen LogP contribution < -0.4 is 5.32 Å².